The normalized spacial score (nSPS) is 14.0. The van der Waals surface area contributed by atoms with Gasteiger partial charge in [0.25, 0.3) is 0 Å². The van der Waals surface area contributed by atoms with Crippen LogP contribution in [0.15, 0.2) is 47.5 Å². The number of nitrogens with one attached hydrogen (secondary N) is 1. The lowest BCUT2D eigenvalue weighted by Gasteiger charge is -2.37. The number of methoxy groups -OCH3 is 3. The SMILES string of the molecule is CCNC(=NCc1cc(OC)c(OC)c(OC)c1)N1CCN(c2ccccc2)CC1.I. The van der Waals surface area contributed by atoms with Crippen LogP contribution < -0.4 is 24.4 Å². The van der Waals surface area contributed by atoms with Crippen LogP contribution in [0.2, 0.25) is 0 Å². The number of piperazine rings is 1. The standard InChI is InChI=1S/C23H32N4O3.HI/c1-5-24-23(27-13-11-26(12-14-27)19-9-7-6-8-10-19)25-17-18-15-20(28-2)22(30-4)21(16-18)29-3;/h6-10,15-16H,5,11-14,17H2,1-4H3,(H,24,25);1H. The summed E-state index contributed by atoms with van der Waals surface area (Å²) in [5, 5.41) is 3.43. The van der Waals surface area contributed by atoms with E-state index in [4.69, 9.17) is 19.2 Å². The average molecular weight is 540 g/mol. The summed E-state index contributed by atoms with van der Waals surface area (Å²) in [6.07, 6.45) is 0. The van der Waals surface area contributed by atoms with E-state index in [9.17, 15) is 0 Å². The number of anilines is 1. The molecule has 1 heterocycles. The highest BCUT2D eigenvalue weighted by atomic mass is 127. The molecular weight excluding hydrogens is 507 g/mol. The maximum Gasteiger partial charge on any atom is 0.203 e. The number of benzene rings is 2. The lowest BCUT2D eigenvalue weighted by Crippen LogP contribution is -2.52. The van der Waals surface area contributed by atoms with E-state index in [1.807, 2.05) is 12.1 Å². The van der Waals surface area contributed by atoms with E-state index in [1.54, 1.807) is 21.3 Å². The van der Waals surface area contributed by atoms with Crippen molar-refractivity contribution in [2.24, 2.45) is 4.99 Å². The van der Waals surface area contributed by atoms with E-state index < -0.39 is 0 Å². The van der Waals surface area contributed by atoms with Crippen LogP contribution in [-0.2, 0) is 6.54 Å². The van der Waals surface area contributed by atoms with Crippen LogP contribution in [0.5, 0.6) is 17.2 Å². The molecule has 8 heteroatoms. The molecule has 1 N–H and O–H groups in total. The average Bonchev–Trinajstić information content (AvgIpc) is 2.81. The number of rotatable bonds is 7. The summed E-state index contributed by atoms with van der Waals surface area (Å²) < 4.78 is 16.3. The van der Waals surface area contributed by atoms with Crippen LogP contribution in [0.3, 0.4) is 0 Å². The van der Waals surface area contributed by atoms with Crippen LogP contribution in [0.25, 0.3) is 0 Å². The summed E-state index contributed by atoms with van der Waals surface area (Å²) in [5.41, 5.74) is 2.28. The van der Waals surface area contributed by atoms with Crippen molar-refractivity contribution in [3.63, 3.8) is 0 Å². The maximum atomic E-state index is 5.46. The Morgan fingerprint density at radius 2 is 1.55 bits per heavy atom. The quantitative estimate of drug-likeness (QED) is 0.329. The van der Waals surface area contributed by atoms with Crippen molar-refractivity contribution < 1.29 is 14.2 Å². The number of hydrogen-bond acceptors (Lipinski definition) is 5. The van der Waals surface area contributed by atoms with E-state index >= 15 is 0 Å². The Hall–Kier alpha value is -2.36. The Bertz CT molecular complexity index is 815. The van der Waals surface area contributed by atoms with Gasteiger partial charge in [0.2, 0.25) is 5.75 Å². The van der Waals surface area contributed by atoms with E-state index in [0.29, 0.717) is 23.8 Å². The Balaban J connectivity index is 0.00000341. The molecule has 0 aromatic heterocycles. The summed E-state index contributed by atoms with van der Waals surface area (Å²) >= 11 is 0. The molecule has 1 aliphatic heterocycles. The van der Waals surface area contributed by atoms with Gasteiger partial charge in [0.05, 0.1) is 27.9 Å². The molecule has 1 aliphatic rings. The first-order chi connectivity index (χ1) is 14.7. The molecule has 170 valence electrons. The summed E-state index contributed by atoms with van der Waals surface area (Å²) in [6, 6.07) is 14.5. The first-order valence-corrected chi connectivity index (χ1v) is 10.3. The van der Waals surface area contributed by atoms with Gasteiger partial charge in [-0.15, -0.1) is 24.0 Å². The number of para-hydroxylation sites is 1. The van der Waals surface area contributed by atoms with Crippen molar-refractivity contribution in [1.82, 2.24) is 10.2 Å². The molecule has 3 rings (SSSR count). The van der Waals surface area contributed by atoms with E-state index in [1.165, 1.54) is 5.69 Å². The van der Waals surface area contributed by atoms with Crippen LogP contribution in [0.1, 0.15) is 12.5 Å². The number of nitrogens with zero attached hydrogens (tertiary/aromatic N) is 3. The predicted octanol–water partition coefficient (Wildman–Crippen LogP) is 3.62. The summed E-state index contributed by atoms with van der Waals surface area (Å²) in [7, 11) is 4.86. The second kappa shape index (κ2) is 12.5. The summed E-state index contributed by atoms with van der Waals surface area (Å²) in [4.78, 5) is 9.61. The minimum absolute atomic E-state index is 0. The molecule has 0 atom stereocenters. The fourth-order valence-electron chi connectivity index (χ4n) is 3.63. The van der Waals surface area contributed by atoms with Crippen molar-refractivity contribution in [3.8, 4) is 17.2 Å². The number of hydrogen-bond donors (Lipinski definition) is 1. The van der Waals surface area contributed by atoms with Crippen molar-refractivity contribution in [2.45, 2.75) is 13.5 Å². The van der Waals surface area contributed by atoms with Gasteiger partial charge in [-0.25, -0.2) is 4.99 Å². The highest BCUT2D eigenvalue weighted by Crippen LogP contribution is 2.38. The monoisotopic (exact) mass is 540 g/mol. The molecule has 0 radical (unpaired) electrons. The molecule has 31 heavy (non-hydrogen) atoms. The maximum absolute atomic E-state index is 5.46. The second-order valence-electron chi connectivity index (χ2n) is 7.01. The van der Waals surface area contributed by atoms with Crippen molar-refractivity contribution >= 4 is 35.6 Å². The first kappa shape index (κ1) is 24.9. The lowest BCUT2D eigenvalue weighted by atomic mass is 10.2. The molecule has 2 aromatic rings. The van der Waals surface area contributed by atoms with Gasteiger partial charge in [0.15, 0.2) is 17.5 Å². The fourth-order valence-corrected chi connectivity index (χ4v) is 3.63. The summed E-state index contributed by atoms with van der Waals surface area (Å²) in [6.45, 7) is 7.24. The molecule has 1 saturated heterocycles. The van der Waals surface area contributed by atoms with Crippen molar-refractivity contribution in [3.05, 3.63) is 48.0 Å². The molecule has 7 nitrogen and oxygen atoms in total. The molecular formula is C23H33IN4O3. The molecule has 0 saturated carbocycles. The molecule has 0 amide bonds. The van der Waals surface area contributed by atoms with E-state index in [-0.39, 0.29) is 24.0 Å². The van der Waals surface area contributed by atoms with Gasteiger partial charge in [0, 0.05) is 38.4 Å². The zero-order valence-corrected chi connectivity index (χ0v) is 21.1. The van der Waals surface area contributed by atoms with Crippen LogP contribution in [-0.4, -0.2) is 64.9 Å². The second-order valence-corrected chi connectivity index (χ2v) is 7.01. The molecule has 0 unspecified atom stereocenters. The van der Waals surface area contributed by atoms with Gasteiger partial charge in [-0.3, -0.25) is 0 Å². The predicted molar refractivity (Wildman–Crippen MR) is 137 cm³/mol. The van der Waals surface area contributed by atoms with Crippen LogP contribution in [0, 0.1) is 0 Å². The highest BCUT2D eigenvalue weighted by molar-refractivity contribution is 14.0. The van der Waals surface area contributed by atoms with Crippen molar-refractivity contribution in [1.29, 1.82) is 0 Å². The fraction of sp³-hybridized carbons (Fsp3) is 0.435. The molecule has 2 aromatic carbocycles. The van der Waals surface area contributed by atoms with E-state index in [2.05, 4.69) is 52.4 Å². The summed E-state index contributed by atoms with van der Waals surface area (Å²) in [5.74, 6) is 2.81. The largest absolute Gasteiger partial charge is 0.493 e. The topological polar surface area (TPSA) is 58.6 Å². The minimum atomic E-state index is 0. The minimum Gasteiger partial charge on any atom is -0.493 e. The Labute approximate surface area is 202 Å². The third-order valence-corrected chi connectivity index (χ3v) is 5.17. The smallest absolute Gasteiger partial charge is 0.203 e. The third kappa shape index (κ3) is 6.32. The van der Waals surface area contributed by atoms with Gasteiger partial charge in [-0.2, -0.15) is 0 Å². The van der Waals surface area contributed by atoms with Crippen molar-refractivity contribution in [2.75, 3.05) is 59.0 Å². The van der Waals surface area contributed by atoms with Gasteiger partial charge in [-0.05, 0) is 36.8 Å². The zero-order valence-electron chi connectivity index (χ0n) is 18.8. The number of ether oxygens (including phenoxy) is 3. The van der Waals surface area contributed by atoms with Gasteiger partial charge < -0.3 is 29.3 Å². The first-order valence-electron chi connectivity index (χ1n) is 10.3. The Morgan fingerprint density at radius 3 is 2.06 bits per heavy atom. The van der Waals surface area contributed by atoms with Crippen LogP contribution in [0.4, 0.5) is 5.69 Å². The van der Waals surface area contributed by atoms with E-state index in [0.717, 1.165) is 44.2 Å². The van der Waals surface area contributed by atoms with Gasteiger partial charge in [-0.1, -0.05) is 18.2 Å². The van der Waals surface area contributed by atoms with Gasteiger partial charge in [0.1, 0.15) is 0 Å². The number of guanidine groups is 1. The lowest BCUT2D eigenvalue weighted by molar-refractivity contribution is 0.324. The zero-order chi connectivity index (χ0) is 21.3. The molecule has 0 bridgehead atoms. The number of halogens is 1. The molecule has 0 aliphatic carbocycles. The molecule has 1 fully saturated rings. The Morgan fingerprint density at radius 1 is 0.935 bits per heavy atom. The van der Waals surface area contributed by atoms with Gasteiger partial charge >= 0.3 is 0 Å². The third-order valence-electron chi connectivity index (χ3n) is 5.17. The van der Waals surface area contributed by atoms with Crippen LogP contribution >= 0.6 is 24.0 Å². The highest BCUT2D eigenvalue weighted by Gasteiger charge is 2.20. The molecule has 0 spiro atoms. The number of aliphatic imine (C=N–C) groups is 1. The Kier molecular flexibility index (Phi) is 10.0.